The Morgan fingerprint density at radius 1 is 1.23 bits per heavy atom. The first-order valence-corrected chi connectivity index (χ1v) is 8.21. The Labute approximate surface area is 151 Å². The zero-order chi connectivity index (χ0) is 18.5. The van der Waals surface area contributed by atoms with Crippen molar-refractivity contribution in [3.8, 4) is 17.3 Å². The summed E-state index contributed by atoms with van der Waals surface area (Å²) >= 11 is 0. The van der Waals surface area contributed by atoms with Crippen molar-refractivity contribution in [3.05, 3.63) is 64.4 Å². The van der Waals surface area contributed by atoms with Gasteiger partial charge in [-0.25, -0.2) is 0 Å². The quantitative estimate of drug-likeness (QED) is 0.371. The average molecular weight is 349 g/mol. The molecule has 0 aliphatic heterocycles. The second kappa shape index (κ2) is 7.67. The van der Waals surface area contributed by atoms with Gasteiger partial charge in [0.05, 0.1) is 5.69 Å². The summed E-state index contributed by atoms with van der Waals surface area (Å²) in [4.78, 5) is 7.00. The van der Waals surface area contributed by atoms with Crippen molar-refractivity contribution in [2.75, 3.05) is 0 Å². The Balaban J connectivity index is 1.75. The third kappa shape index (κ3) is 3.81. The molecule has 132 valence electrons. The highest BCUT2D eigenvalue weighted by molar-refractivity contribution is 5.52. The number of pyridine rings is 1. The number of nitrogens with zero attached hydrogens (tertiary/aromatic N) is 7. The number of azide groups is 1. The van der Waals surface area contributed by atoms with Crippen molar-refractivity contribution >= 4 is 5.69 Å². The van der Waals surface area contributed by atoms with Crippen LogP contribution in [-0.4, -0.2) is 19.7 Å². The van der Waals surface area contributed by atoms with Gasteiger partial charge in [-0.05, 0) is 41.3 Å². The summed E-state index contributed by atoms with van der Waals surface area (Å²) in [5.41, 5.74) is 10.8. The maximum absolute atomic E-state index is 8.44. The number of aromatic nitrogens is 4. The van der Waals surface area contributed by atoms with Gasteiger partial charge in [-0.2, -0.15) is 0 Å². The van der Waals surface area contributed by atoms with Gasteiger partial charge >= 0.3 is 0 Å². The van der Waals surface area contributed by atoms with Crippen LogP contribution in [0.15, 0.2) is 47.7 Å². The molecule has 0 N–H and O–H groups in total. The predicted molar refractivity (Wildman–Crippen MR) is 97.9 cm³/mol. The van der Waals surface area contributed by atoms with Gasteiger partial charge in [-0.3, -0.25) is 4.98 Å². The molecule has 0 saturated carbocycles. The average Bonchev–Trinajstić information content (AvgIpc) is 3.02. The Bertz CT molecular complexity index is 940. The van der Waals surface area contributed by atoms with E-state index in [2.05, 4.69) is 45.1 Å². The molecular formula is C18H19N7O. The first-order chi connectivity index (χ1) is 12.6. The summed E-state index contributed by atoms with van der Waals surface area (Å²) in [6, 6.07) is 11.5. The predicted octanol–water partition coefficient (Wildman–Crippen LogP) is 4.52. The van der Waals surface area contributed by atoms with Crippen molar-refractivity contribution in [3.63, 3.8) is 0 Å². The number of rotatable bonds is 6. The van der Waals surface area contributed by atoms with E-state index in [-0.39, 0.29) is 0 Å². The third-order valence-electron chi connectivity index (χ3n) is 3.99. The molecule has 0 fully saturated rings. The number of ether oxygens (including phenoxy) is 1. The molecule has 2 heterocycles. The van der Waals surface area contributed by atoms with Crippen molar-refractivity contribution in [1.29, 1.82) is 0 Å². The van der Waals surface area contributed by atoms with Crippen molar-refractivity contribution in [1.82, 2.24) is 19.7 Å². The lowest BCUT2D eigenvalue weighted by Gasteiger charge is -2.10. The molecule has 1 aromatic carbocycles. The molecule has 0 spiro atoms. The molecule has 0 radical (unpaired) electrons. The maximum Gasteiger partial charge on any atom is 0.182 e. The minimum absolute atomic E-state index is 0.307. The van der Waals surface area contributed by atoms with Crippen LogP contribution >= 0.6 is 0 Å². The number of hydrogen-bond donors (Lipinski definition) is 0. The zero-order valence-electron chi connectivity index (χ0n) is 14.9. The van der Waals surface area contributed by atoms with E-state index in [4.69, 9.17) is 10.3 Å². The smallest absolute Gasteiger partial charge is 0.182 e. The highest BCUT2D eigenvalue weighted by Crippen LogP contribution is 2.22. The first kappa shape index (κ1) is 17.4. The van der Waals surface area contributed by atoms with Crippen LogP contribution in [0.4, 0.5) is 5.69 Å². The Kier molecular flexibility index (Phi) is 5.15. The fourth-order valence-corrected chi connectivity index (χ4v) is 2.45. The molecule has 8 heteroatoms. The topological polar surface area (TPSA) is 102 Å². The molecule has 0 aliphatic rings. The Morgan fingerprint density at radius 2 is 2.08 bits per heavy atom. The second-order valence-corrected chi connectivity index (χ2v) is 6.11. The minimum Gasteiger partial charge on any atom is -0.486 e. The van der Waals surface area contributed by atoms with E-state index in [1.54, 1.807) is 12.1 Å². The van der Waals surface area contributed by atoms with Crippen LogP contribution in [0.1, 0.15) is 31.2 Å². The fraction of sp³-hybridized carbons (Fsp3) is 0.278. The highest BCUT2D eigenvalue weighted by atomic mass is 16.5. The normalized spacial score (nSPS) is 10.6. The molecule has 26 heavy (non-hydrogen) atoms. The van der Waals surface area contributed by atoms with Crippen LogP contribution in [0.2, 0.25) is 0 Å². The van der Waals surface area contributed by atoms with E-state index in [0.717, 1.165) is 5.75 Å². The Morgan fingerprint density at radius 3 is 2.77 bits per heavy atom. The first-order valence-electron chi connectivity index (χ1n) is 8.21. The van der Waals surface area contributed by atoms with E-state index in [0.29, 0.717) is 35.6 Å². The van der Waals surface area contributed by atoms with Gasteiger partial charge in [0.2, 0.25) is 0 Å². The van der Waals surface area contributed by atoms with E-state index < -0.39 is 0 Å². The summed E-state index contributed by atoms with van der Waals surface area (Å²) in [5, 5.41) is 11.9. The molecule has 3 rings (SSSR count). The molecular weight excluding hydrogens is 330 g/mol. The van der Waals surface area contributed by atoms with Crippen molar-refractivity contribution in [2.45, 2.75) is 26.4 Å². The molecule has 0 bridgehead atoms. The van der Waals surface area contributed by atoms with Gasteiger partial charge in [-0.15, -0.1) is 10.2 Å². The van der Waals surface area contributed by atoms with Crippen LogP contribution in [-0.2, 0) is 13.7 Å². The molecule has 0 atom stereocenters. The molecule has 0 aliphatic carbocycles. The van der Waals surface area contributed by atoms with Gasteiger partial charge < -0.3 is 9.30 Å². The van der Waals surface area contributed by atoms with Crippen LogP contribution in [0.3, 0.4) is 0 Å². The summed E-state index contributed by atoms with van der Waals surface area (Å²) < 4.78 is 7.70. The van der Waals surface area contributed by atoms with Gasteiger partial charge in [0.25, 0.3) is 0 Å². The van der Waals surface area contributed by atoms with Crippen molar-refractivity contribution < 1.29 is 4.74 Å². The summed E-state index contributed by atoms with van der Waals surface area (Å²) in [6.45, 7) is 4.60. The van der Waals surface area contributed by atoms with E-state index in [1.807, 2.05) is 29.8 Å². The van der Waals surface area contributed by atoms with Crippen LogP contribution in [0.5, 0.6) is 5.75 Å². The highest BCUT2D eigenvalue weighted by Gasteiger charge is 2.12. The fourth-order valence-electron chi connectivity index (χ4n) is 2.45. The largest absolute Gasteiger partial charge is 0.486 e. The molecule has 8 nitrogen and oxygen atoms in total. The van der Waals surface area contributed by atoms with Crippen molar-refractivity contribution in [2.24, 2.45) is 12.2 Å². The minimum atomic E-state index is 0.307. The molecule has 2 aromatic heterocycles. The standard InChI is InChI=1S/C18H19N7O/c1-12(2)13-5-4-6-15(9-13)26-11-17-22-23-18(25(17)3)16-8-7-14(10-20-16)21-24-19/h4-10,12H,11H2,1-3H3. The van der Waals surface area contributed by atoms with Crippen LogP contribution in [0.25, 0.3) is 22.0 Å². The van der Waals surface area contributed by atoms with Gasteiger partial charge in [0, 0.05) is 18.2 Å². The SMILES string of the molecule is CC(C)c1cccc(OCc2nnc(-c3ccc(N=[N+]=[N-])cn3)n2C)c1. The molecule has 0 unspecified atom stereocenters. The number of hydrogen-bond acceptors (Lipinski definition) is 5. The summed E-state index contributed by atoms with van der Waals surface area (Å²) in [5.74, 6) is 2.56. The van der Waals surface area contributed by atoms with Crippen LogP contribution in [0, 0.1) is 0 Å². The van der Waals surface area contributed by atoms with E-state index >= 15 is 0 Å². The van der Waals surface area contributed by atoms with E-state index in [1.165, 1.54) is 11.8 Å². The monoisotopic (exact) mass is 349 g/mol. The number of benzene rings is 1. The summed E-state index contributed by atoms with van der Waals surface area (Å²) in [7, 11) is 1.86. The maximum atomic E-state index is 8.44. The lowest BCUT2D eigenvalue weighted by atomic mass is 10.0. The van der Waals surface area contributed by atoms with E-state index in [9.17, 15) is 0 Å². The lowest BCUT2D eigenvalue weighted by molar-refractivity contribution is 0.291. The molecule has 3 aromatic rings. The summed E-state index contributed by atoms with van der Waals surface area (Å²) in [6.07, 6.45) is 1.50. The Hall–Kier alpha value is -3.38. The molecule has 0 saturated heterocycles. The molecule has 0 amide bonds. The second-order valence-electron chi connectivity index (χ2n) is 6.11. The van der Waals surface area contributed by atoms with Gasteiger partial charge in [0.1, 0.15) is 18.1 Å². The van der Waals surface area contributed by atoms with Gasteiger partial charge in [0.15, 0.2) is 11.6 Å². The third-order valence-corrected chi connectivity index (χ3v) is 3.99. The van der Waals surface area contributed by atoms with Crippen LogP contribution < -0.4 is 4.74 Å². The zero-order valence-corrected chi connectivity index (χ0v) is 14.9. The lowest BCUT2D eigenvalue weighted by Crippen LogP contribution is -2.05. The van der Waals surface area contributed by atoms with Gasteiger partial charge in [-0.1, -0.05) is 31.1 Å².